The van der Waals surface area contributed by atoms with Crippen molar-refractivity contribution in [2.24, 2.45) is 5.92 Å². The summed E-state index contributed by atoms with van der Waals surface area (Å²) < 4.78 is 5.40. The summed E-state index contributed by atoms with van der Waals surface area (Å²) in [5.41, 5.74) is 0.965. The van der Waals surface area contributed by atoms with Gasteiger partial charge in [0.1, 0.15) is 5.75 Å². The van der Waals surface area contributed by atoms with E-state index < -0.39 is 18.0 Å². The number of rotatable bonds is 3. The number of aryl methyl sites for hydroxylation is 1. The predicted octanol–water partition coefficient (Wildman–Crippen LogP) is 2.54. The molecule has 0 aromatic heterocycles. The largest absolute Gasteiger partial charge is 0.481 e. The summed E-state index contributed by atoms with van der Waals surface area (Å²) in [5.74, 6) is -0.786. The van der Waals surface area contributed by atoms with Gasteiger partial charge in [0, 0.05) is 13.1 Å². The van der Waals surface area contributed by atoms with Crippen LogP contribution in [0, 0.1) is 5.92 Å². The van der Waals surface area contributed by atoms with E-state index in [0.717, 1.165) is 12.0 Å². The van der Waals surface area contributed by atoms with E-state index in [1.807, 2.05) is 25.1 Å². The van der Waals surface area contributed by atoms with Crippen LogP contribution in [0.2, 0.25) is 0 Å². The number of carbonyl (C=O) groups excluding carboxylic acids is 1. The van der Waals surface area contributed by atoms with Gasteiger partial charge in [0.25, 0.3) is 0 Å². The highest BCUT2D eigenvalue weighted by atomic mass is 16.6. The van der Waals surface area contributed by atoms with Crippen LogP contribution in [0.25, 0.3) is 0 Å². The predicted molar refractivity (Wildman–Crippen MR) is 73.8 cm³/mol. The van der Waals surface area contributed by atoms with E-state index in [9.17, 15) is 9.59 Å². The van der Waals surface area contributed by atoms with Gasteiger partial charge in [-0.1, -0.05) is 25.1 Å². The molecule has 1 amide bonds. The molecule has 1 saturated heterocycles. The first-order valence-electron chi connectivity index (χ1n) is 6.89. The highest BCUT2D eigenvalue weighted by molar-refractivity contribution is 5.74. The number of hydrogen-bond donors (Lipinski definition) is 1. The maximum Gasteiger partial charge on any atom is 0.415 e. The van der Waals surface area contributed by atoms with Crippen LogP contribution in [0.1, 0.15) is 25.3 Å². The highest BCUT2D eigenvalue weighted by Gasteiger charge is 2.29. The summed E-state index contributed by atoms with van der Waals surface area (Å²) in [4.78, 5) is 24.6. The first kappa shape index (κ1) is 14.4. The third kappa shape index (κ3) is 3.29. The minimum Gasteiger partial charge on any atom is -0.481 e. The van der Waals surface area contributed by atoms with E-state index >= 15 is 0 Å². The zero-order chi connectivity index (χ0) is 14.5. The van der Waals surface area contributed by atoms with Crippen LogP contribution in [0.3, 0.4) is 0 Å². The number of aliphatic carboxylic acids is 1. The summed E-state index contributed by atoms with van der Waals surface area (Å²) in [6.07, 6.45) is 1.63. The van der Waals surface area contributed by atoms with Crippen molar-refractivity contribution < 1.29 is 19.4 Å². The SMILES string of the molecule is CCc1ccccc1OC(=O)N1CCCC(C(=O)O)C1. The van der Waals surface area contributed by atoms with E-state index in [-0.39, 0.29) is 6.54 Å². The Balaban J connectivity index is 2.02. The lowest BCUT2D eigenvalue weighted by Crippen LogP contribution is -2.43. The number of likely N-dealkylation sites (tertiary alicyclic amines) is 1. The fourth-order valence-corrected chi connectivity index (χ4v) is 2.40. The van der Waals surface area contributed by atoms with Gasteiger partial charge in [0.15, 0.2) is 0 Å². The average molecular weight is 277 g/mol. The second-order valence-corrected chi connectivity index (χ2v) is 4.95. The van der Waals surface area contributed by atoms with Crippen LogP contribution >= 0.6 is 0 Å². The molecular formula is C15H19NO4. The summed E-state index contributed by atoms with van der Waals surface area (Å²) >= 11 is 0. The third-order valence-corrected chi connectivity index (χ3v) is 3.58. The zero-order valence-corrected chi connectivity index (χ0v) is 11.5. The van der Waals surface area contributed by atoms with Crippen LogP contribution in [0.15, 0.2) is 24.3 Å². The molecule has 108 valence electrons. The van der Waals surface area contributed by atoms with Gasteiger partial charge < -0.3 is 14.7 Å². The first-order chi connectivity index (χ1) is 9.61. The van der Waals surface area contributed by atoms with Crippen LogP contribution in [-0.2, 0) is 11.2 Å². The quantitative estimate of drug-likeness (QED) is 0.922. The molecule has 0 spiro atoms. The molecule has 5 nitrogen and oxygen atoms in total. The van der Waals surface area contributed by atoms with Crippen LogP contribution < -0.4 is 4.74 Å². The van der Waals surface area contributed by atoms with Crippen LogP contribution in [0.4, 0.5) is 4.79 Å². The molecule has 1 N–H and O–H groups in total. The van der Waals surface area contributed by atoms with Gasteiger partial charge >= 0.3 is 12.1 Å². The Morgan fingerprint density at radius 3 is 2.85 bits per heavy atom. The first-order valence-corrected chi connectivity index (χ1v) is 6.89. The van der Waals surface area contributed by atoms with Crippen molar-refractivity contribution in [2.75, 3.05) is 13.1 Å². The number of nitrogens with zero attached hydrogens (tertiary/aromatic N) is 1. The monoisotopic (exact) mass is 277 g/mol. The van der Waals surface area contributed by atoms with E-state index in [4.69, 9.17) is 9.84 Å². The van der Waals surface area contributed by atoms with Crippen molar-refractivity contribution in [3.63, 3.8) is 0 Å². The van der Waals surface area contributed by atoms with E-state index in [0.29, 0.717) is 25.1 Å². The third-order valence-electron chi connectivity index (χ3n) is 3.58. The maximum atomic E-state index is 12.1. The standard InChI is InChI=1S/C15H19NO4/c1-2-11-6-3-4-8-13(11)20-15(19)16-9-5-7-12(10-16)14(17)18/h3-4,6,8,12H,2,5,7,9-10H2,1H3,(H,17,18). The molecule has 0 bridgehead atoms. The average Bonchev–Trinajstić information content (AvgIpc) is 2.48. The molecule has 1 aromatic carbocycles. The van der Waals surface area contributed by atoms with E-state index in [1.165, 1.54) is 4.90 Å². The number of carboxylic acid groups (broad SMARTS) is 1. The smallest absolute Gasteiger partial charge is 0.415 e. The van der Waals surface area contributed by atoms with Crippen molar-refractivity contribution >= 4 is 12.1 Å². The molecule has 1 heterocycles. The van der Waals surface area contributed by atoms with Gasteiger partial charge in [0.2, 0.25) is 0 Å². The molecule has 2 rings (SSSR count). The molecule has 1 aliphatic heterocycles. The molecule has 1 aliphatic rings. The van der Waals surface area contributed by atoms with Gasteiger partial charge in [-0.3, -0.25) is 4.79 Å². The zero-order valence-electron chi connectivity index (χ0n) is 11.5. The summed E-state index contributed by atoms with van der Waals surface area (Å²) in [6, 6.07) is 7.39. The number of carbonyl (C=O) groups is 2. The minimum atomic E-state index is -0.851. The maximum absolute atomic E-state index is 12.1. The van der Waals surface area contributed by atoms with E-state index in [1.54, 1.807) is 6.07 Å². The molecule has 5 heteroatoms. The fraction of sp³-hybridized carbons (Fsp3) is 0.467. The summed E-state index contributed by atoms with van der Waals surface area (Å²) in [6.45, 7) is 2.77. The summed E-state index contributed by atoms with van der Waals surface area (Å²) in [5, 5.41) is 9.03. The molecule has 0 aliphatic carbocycles. The number of para-hydroxylation sites is 1. The number of piperidine rings is 1. The molecule has 1 aromatic rings. The molecular weight excluding hydrogens is 258 g/mol. The van der Waals surface area contributed by atoms with Crippen LogP contribution in [0.5, 0.6) is 5.75 Å². The molecule has 1 unspecified atom stereocenters. The van der Waals surface area contributed by atoms with Gasteiger partial charge in [-0.25, -0.2) is 4.79 Å². The lowest BCUT2D eigenvalue weighted by Gasteiger charge is -2.29. The fourth-order valence-electron chi connectivity index (χ4n) is 2.40. The highest BCUT2D eigenvalue weighted by Crippen LogP contribution is 2.22. The summed E-state index contributed by atoms with van der Waals surface area (Å²) in [7, 11) is 0. The van der Waals surface area contributed by atoms with Crippen molar-refractivity contribution in [1.82, 2.24) is 4.90 Å². The van der Waals surface area contributed by atoms with Gasteiger partial charge in [-0.05, 0) is 30.9 Å². The Hall–Kier alpha value is -2.04. The number of ether oxygens (including phenoxy) is 1. The molecule has 0 saturated carbocycles. The number of carboxylic acids is 1. The molecule has 0 radical (unpaired) electrons. The van der Waals surface area contributed by atoms with Crippen molar-refractivity contribution in [3.8, 4) is 5.75 Å². The topological polar surface area (TPSA) is 66.8 Å². The van der Waals surface area contributed by atoms with E-state index in [2.05, 4.69) is 0 Å². The number of amides is 1. The number of hydrogen-bond acceptors (Lipinski definition) is 3. The van der Waals surface area contributed by atoms with Gasteiger partial charge in [0.05, 0.1) is 5.92 Å². The van der Waals surface area contributed by atoms with Crippen LogP contribution in [-0.4, -0.2) is 35.2 Å². The second-order valence-electron chi connectivity index (χ2n) is 4.95. The Labute approximate surface area is 118 Å². The lowest BCUT2D eigenvalue weighted by molar-refractivity contribution is -0.143. The molecule has 1 atom stereocenters. The normalized spacial score (nSPS) is 18.6. The van der Waals surface area contributed by atoms with Crippen molar-refractivity contribution in [1.29, 1.82) is 0 Å². The van der Waals surface area contributed by atoms with Crippen molar-refractivity contribution in [3.05, 3.63) is 29.8 Å². The number of benzene rings is 1. The lowest BCUT2D eigenvalue weighted by atomic mass is 9.99. The molecule has 1 fully saturated rings. The Morgan fingerprint density at radius 1 is 1.40 bits per heavy atom. The Bertz CT molecular complexity index is 500. The Morgan fingerprint density at radius 2 is 2.15 bits per heavy atom. The van der Waals surface area contributed by atoms with Gasteiger partial charge in [-0.15, -0.1) is 0 Å². The van der Waals surface area contributed by atoms with Crippen molar-refractivity contribution in [2.45, 2.75) is 26.2 Å². The Kier molecular flexibility index (Phi) is 4.61. The second kappa shape index (κ2) is 6.41. The van der Waals surface area contributed by atoms with Gasteiger partial charge in [-0.2, -0.15) is 0 Å². The molecule has 20 heavy (non-hydrogen) atoms. The minimum absolute atomic E-state index is 0.225.